The topological polar surface area (TPSA) is 94.8 Å². The summed E-state index contributed by atoms with van der Waals surface area (Å²) in [6, 6.07) is 11.8. The Morgan fingerprint density at radius 3 is 1.93 bits per heavy atom. The van der Waals surface area contributed by atoms with Gasteiger partial charge in [-0.3, -0.25) is 4.55 Å². The molecular formula is C19H12Cl4O5S. The number of benzene rings is 3. The first kappa shape index (κ1) is 22.0. The van der Waals surface area contributed by atoms with E-state index in [4.69, 9.17) is 46.4 Å². The molecule has 10 heteroatoms. The standard InChI is InChI=1S/C19H12Cl4O5S/c20-11-7-10(8-12(21)9-11)19(29(26,27)28,13-3-1-2-4-16(13)24)14-5-6-15(22)18(25)17(14)23/h1-9,24-25H,(H,26,27,28). The van der Waals surface area contributed by atoms with E-state index in [1.807, 2.05) is 0 Å². The molecule has 3 aromatic carbocycles. The number of hydrogen-bond acceptors (Lipinski definition) is 4. The first-order valence-electron chi connectivity index (χ1n) is 7.89. The van der Waals surface area contributed by atoms with Crippen molar-refractivity contribution >= 4 is 56.5 Å². The van der Waals surface area contributed by atoms with Crippen LogP contribution in [0.2, 0.25) is 20.1 Å². The average Bonchev–Trinajstić information content (AvgIpc) is 2.61. The third kappa shape index (κ3) is 3.65. The molecule has 3 N–H and O–H groups in total. The molecule has 0 aliphatic heterocycles. The van der Waals surface area contributed by atoms with Gasteiger partial charge in [-0.2, -0.15) is 8.42 Å². The number of phenols is 2. The first-order valence-corrected chi connectivity index (χ1v) is 10.8. The molecule has 0 aliphatic carbocycles. The van der Waals surface area contributed by atoms with Gasteiger partial charge in [0.25, 0.3) is 10.1 Å². The fourth-order valence-electron chi connectivity index (χ4n) is 3.22. The minimum Gasteiger partial charge on any atom is -0.508 e. The van der Waals surface area contributed by atoms with Crippen molar-refractivity contribution in [1.82, 2.24) is 0 Å². The van der Waals surface area contributed by atoms with Gasteiger partial charge in [0.2, 0.25) is 0 Å². The summed E-state index contributed by atoms with van der Waals surface area (Å²) >= 11 is 24.3. The van der Waals surface area contributed by atoms with E-state index < -0.39 is 31.4 Å². The number of phenolic OH excluding ortho intramolecular Hbond substituents is 2. The normalized spacial score (nSPS) is 13.8. The van der Waals surface area contributed by atoms with E-state index in [2.05, 4.69) is 0 Å². The van der Waals surface area contributed by atoms with Gasteiger partial charge in [0.05, 0.1) is 10.0 Å². The van der Waals surface area contributed by atoms with Gasteiger partial charge in [0.1, 0.15) is 5.75 Å². The molecule has 1 unspecified atom stereocenters. The molecule has 3 aromatic rings. The van der Waals surface area contributed by atoms with Crippen LogP contribution < -0.4 is 0 Å². The molecule has 152 valence electrons. The Morgan fingerprint density at radius 1 is 0.793 bits per heavy atom. The predicted molar refractivity (Wildman–Crippen MR) is 114 cm³/mol. The highest BCUT2D eigenvalue weighted by Crippen LogP contribution is 2.52. The number of aromatic hydroxyl groups is 2. The maximum Gasteiger partial charge on any atom is 0.283 e. The van der Waals surface area contributed by atoms with Gasteiger partial charge in [-0.05, 0) is 35.9 Å². The Hall–Kier alpha value is -1.67. The summed E-state index contributed by atoms with van der Waals surface area (Å²) in [5.74, 6) is -1.05. The van der Waals surface area contributed by atoms with Crippen LogP contribution in [-0.4, -0.2) is 23.2 Å². The number of rotatable bonds is 4. The minimum absolute atomic E-state index is 0.0743. The van der Waals surface area contributed by atoms with Crippen LogP contribution in [0, 0.1) is 0 Å². The van der Waals surface area contributed by atoms with Crippen molar-refractivity contribution in [2.75, 3.05) is 0 Å². The lowest BCUT2D eigenvalue weighted by atomic mass is 9.83. The summed E-state index contributed by atoms with van der Waals surface area (Å²) in [6.07, 6.45) is 0. The summed E-state index contributed by atoms with van der Waals surface area (Å²) in [5.41, 5.74) is -0.601. The van der Waals surface area contributed by atoms with E-state index in [1.165, 1.54) is 54.6 Å². The van der Waals surface area contributed by atoms with Crippen LogP contribution in [0.25, 0.3) is 0 Å². The molecule has 0 spiro atoms. The Bertz CT molecular complexity index is 1190. The monoisotopic (exact) mass is 492 g/mol. The van der Waals surface area contributed by atoms with Crippen LogP contribution in [0.5, 0.6) is 11.5 Å². The van der Waals surface area contributed by atoms with Crippen molar-refractivity contribution in [2.24, 2.45) is 0 Å². The van der Waals surface area contributed by atoms with Gasteiger partial charge in [-0.25, -0.2) is 0 Å². The van der Waals surface area contributed by atoms with Gasteiger partial charge in [-0.15, -0.1) is 0 Å². The quantitative estimate of drug-likeness (QED) is 0.311. The van der Waals surface area contributed by atoms with E-state index in [0.717, 1.165) is 0 Å². The second-order valence-electron chi connectivity index (χ2n) is 6.09. The van der Waals surface area contributed by atoms with Crippen LogP contribution in [0.4, 0.5) is 0 Å². The highest BCUT2D eigenvalue weighted by Gasteiger charge is 2.51. The maximum atomic E-state index is 13.0. The predicted octanol–water partition coefficient (Wildman–Crippen LogP) is 5.89. The van der Waals surface area contributed by atoms with Gasteiger partial charge in [0.15, 0.2) is 10.5 Å². The van der Waals surface area contributed by atoms with Crippen molar-refractivity contribution in [3.8, 4) is 11.5 Å². The zero-order valence-electron chi connectivity index (χ0n) is 14.3. The van der Waals surface area contributed by atoms with Crippen molar-refractivity contribution in [3.63, 3.8) is 0 Å². The molecule has 1 atom stereocenters. The van der Waals surface area contributed by atoms with E-state index >= 15 is 0 Å². The zero-order valence-corrected chi connectivity index (χ0v) is 18.1. The SMILES string of the molecule is O=S(=O)(O)C(c1cc(Cl)cc(Cl)c1)(c1ccccc1O)c1ccc(Cl)c(O)c1Cl. The van der Waals surface area contributed by atoms with Crippen molar-refractivity contribution in [3.05, 3.63) is 91.4 Å². The Kier molecular flexibility index (Phi) is 5.98. The molecular weight excluding hydrogens is 482 g/mol. The summed E-state index contributed by atoms with van der Waals surface area (Å²) in [7, 11) is -5.11. The fraction of sp³-hybridized carbons (Fsp3) is 0.0526. The second-order valence-corrected chi connectivity index (χ2v) is 9.31. The molecule has 5 nitrogen and oxygen atoms in total. The summed E-state index contributed by atoms with van der Waals surface area (Å²) in [4.78, 5) is 0. The van der Waals surface area contributed by atoms with Crippen LogP contribution in [0.1, 0.15) is 16.7 Å². The minimum atomic E-state index is -5.11. The summed E-state index contributed by atoms with van der Waals surface area (Å²) < 4.78 is 33.9. The number of halogens is 4. The lowest BCUT2D eigenvalue weighted by molar-refractivity contribution is 0.439. The Balaban J connectivity index is 2.63. The highest BCUT2D eigenvalue weighted by molar-refractivity contribution is 7.87. The summed E-state index contributed by atoms with van der Waals surface area (Å²) in [5, 5.41) is 20.3. The van der Waals surface area contributed by atoms with Gasteiger partial charge >= 0.3 is 0 Å². The summed E-state index contributed by atoms with van der Waals surface area (Å²) in [6.45, 7) is 0. The third-order valence-electron chi connectivity index (χ3n) is 4.39. The van der Waals surface area contributed by atoms with Crippen LogP contribution in [0.15, 0.2) is 54.6 Å². The largest absolute Gasteiger partial charge is 0.508 e. The van der Waals surface area contributed by atoms with Crippen molar-refractivity contribution < 1.29 is 23.2 Å². The van der Waals surface area contributed by atoms with Crippen molar-refractivity contribution in [2.45, 2.75) is 4.75 Å². The molecule has 0 saturated carbocycles. The Labute approximate surface area is 186 Å². The van der Waals surface area contributed by atoms with E-state index in [1.54, 1.807) is 0 Å². The molecule has 0 saturated heterocycles. The van der Waals surface area contributed by atoms with Crippen LogP contribution in [-0.2, 0) is 14.9 Å². The Morgan fingerprint density at radius 2 is 1.38 bits per heavy atom. The maximum absolute atomic E-state index is 13.0. The van der Waals surface area contributed by atoms with E-state index in [-0.39, 0.29) is 31.8 Å². The molecule has 0 bridgehead atoms. The smallest absolute Gasteiger partial charge is 0.283 e. The average molecular weight is 494 g/mol. The van der Waals surface area contributed by atoms with Gasteiger partial charge in [-0.1, -0.05) is 70.7 Å². The molecule has 3 rings (SSSR count). The zero-order chi connectivity index (χ0) is 21.6. The fourth-order valence-corrected chi connectivity index (χ4v) is 5.63. The van der Waals surface area contributed by atoms with Gasteiger partial charge < -0.3 is 10.2 Å². The van der Waals surface area contributed by atoms with Crippen LogP contribution >= 0.6 is 46.4 Å². The lowest BCUT2D eigenvalue weighted by Gasteiger charge is -2.34. The van der Waals surface area contributed by atoms with E-state index in [9.17, 15) is 23.2 Å². The molecule has 0 amide bonds. The first-order chi connectivity index (χ1) is 13.5. The molecule has 0 radical (unpaired) electrons. The number of para-hydroxylation sites is 1. The lowest BCUT2D eigenvalue weighted by Crippen LogP contribution is -2.38. The molecule has 0 aliphatic rings. The number of hydrogen-bond donors (Lipinski definition) is 3. The van der Waals surface area contributed by atoms with E-state index in [0.29, 0.717) is 0 Å². The van der Waals surface area contributed by atoms with Crippen LogP contribution in [0.3, 0.4) is 0 Å². The molecule has 0 aromatic heterocycles. The molecule has 0 fully saturated rings. The molecule has 0 heterocycles. The second kappa shape index (κ2) is 7.87. The van der Waals surface area contributed by atoms with Gasteiger partial charge in [0, 0.05) is 21.2 Å². The molecule has 29 heavy (non-hydrogen) atoms. The third-order valence-corrected chi connectivity index (χ3v) is 6.96. The highest BCUT2D eigenvalue weighted by atomic mass is 35.5. The van der Waals surface area contributed by atoms with Crippen molar-refractivity contribution in [1.29, 1.82) is 0 Å².